The quantitative estimate of drug-likeness (QED) is 0.205. The van der Waals surface area contributed by atoms with Crippen LogP contribution < -0.4 is 4.90 Å². The van der Waals surface area contributed by atoms with Crippen LogP contribution in [0.15, 0.2) is 148 Å². The van der Waals surface area contributed by atoms with Crippen LogP contribution in [-0.2, 0) is 5.41 Å². The zero-order chi connectivity index (χ0) is 30.6. The van der Waals surface area contributed by atoms with Gasteiger partial charge in [-0.1, -0.05) is 92.7 Å². The summed E-state index contributed by atoms with van der Waals surface area (Å²) in [6, 6.07) is 49.9. The number of anilines is 3. The van der Waals surface area contributed by atoms with Crippen LogP contribution in [0.3, 0.4) is 0 Å². The van der Waals surface area contributed by atoms with Gasteiger partial charge in [0.1, 0.15) is 22.3 Å². The van der Waals surface area contributed by atoms with Crippen molar-refractivity contribution in [1.29, 1.82) is 0 Å². The van der Waals surface area contributed by atoms with E-state index in [0.29, 0.717) is 0 Å². The monoisotopic (exact) mass is 591 g/mol. The number of hydrogen-bond donors (Lipinski definition) is 0. The van der Waals surface area contributed by atoms with Crippen LogP contribution in [-0.4, -0.2) is 0 Å². The molecule has 218 valence electrons. The minimum atomic E-state index is -0.111. The highest BCUT2D eigenvalue weighted by Crippen LogP contribution is 2.51. The third kappa shape index (κ3) is 3.48. The Balaban J connectivity index is 1.22. The van der Waals surface area contributed by atoms with Gasteiger partial charge in [0.2, 0.25) is 0 Å². The lowest BCUT2D eigenvalue weighted by Crippen LogP contribution is -2.16. The molecule has 0 amide bonds. The summed E-state index contributed by atoms with van der Waals surface area (Å²) in [7, 11) is 0. The summed E-state index contributed by atoms with van der Waals surface area (Å²) in [5.41, 5.74) is 12.0. The third-order valence-electron chi connectivity index (χ3n) is 10.0. The molecule has 0 fully saturated rings. The van der Waals surface area contributed by atoms with Crippen molar-refractivity contribution >= 4 is 71.7 Å². The van der Waals surface area contributed by atoms with E-state index < -0.39 is 0 Å². The summed E-state index contributed by atoms with van der Waals surface area (Å²) in [5, 5.41) is 6.76. The molecule has 10 rings (SSSR count). The smallest absolute Gasteiger partial charge is 0.143 e. The second-order valence-corrected chi connectivity index (χ2v) is 13.0. The van der Waals surface area contributed by atoms with Crippen molar-refractivity contribution in [3.8, 4) is 11.1 Å². The van der Waals surface area contributed by atoms with Crippen molar-refractivity contribution in [2.75, 3.05) is 4.90 Å². The van der Waals surface area contributed by atoms with Crippen molar-refractivity contribution in [3.63, 3.8) is 0 Å². The maximum absolute atomic E-state index is 6.49. The lowest BCUT2D eigenvalue weighted by molar-refractivity contribution is 0.660. The van der Waals surface area contributed by atoms with E-state index in [9.17, 15) is 0 Å². The highest BCUT2D eigenvalue weighted by Gasteiger charge is 2.35. The summed E-state index contributed by atoms with van der Waals surface area (Å²) >= 11 is 0. The molecule has 46 heavy (non-hydrogen) atoms. The van der Waals surface area contributed by atoms with Crippen LogP contribution in [0, 0.1) is 0 Å². The van der Waals surface area contributed by atoms with Gasteiger partial charge in [0.25, 0.3) is 0 Å². The minimum absolute atomic E-state index is 0.111. The predicted molar refractivity (Wildman–Crippen MR) is 191 cm³/mol. The Hall–Kier alpha value is -5.80. The molecule has 0 N–H and O–H groups in total. The lowest BCUT2D eigenvalue weighted by Gasteiger charge is -2.28. The summed E-state index contributed by atoms with van der Waals surface area (Å²) in [6.45, 7) is 4.67. The molecule has 0 unspecified atom stereocenters. The first-order valence-corrected chi connectivity index (χ1v) is 15.8. The number of hydrogen-bond acceptors (Lipinski definition) is 3. The molecule has 0 spiro atoms. The van der Waals surface area contributed by atoms with E-state index in [1.165, 1.54) is 22.3 Å². The Morgan fingerprint density at radius 2 is 1.02 bits per heavy atom. The van der Waals surface area contributed by atoms with Crippen molar-refractivity contribution in [2.45, 2.75) is 19.3 Å². The van der Waals surface area contributed by atoms with E-state index >= 15 is 0 Å². The van der Waals surface area contributed by atoms with Gasteiger partial charge in [-0.15, -0.1) is 0 Å². The average molecular weight is 592 g/mol. The highest BCUT2D eigenvalue weighted by molar-refractivity contribution is 6.15. The summed E-state index contributed by atoms with van der Waals surface area (Å²) in [4.78, 5) is 2.35. The number of para-hydroxylation sites is 2. The van der Waals surface area contributed by atoms with Gasteiger partial charge in [0.05, 0.1) is 0 Å². The largest absolute Gasteiger partial charge is 0.456 e. The fraction of sp³-hybridized carbons (Fsp3) is 0.0698. The fourth-order valence-electron chi connectivity index (χ4n) is 7.76. The van der Waals surface area contributed by atoms with E-state index in [-0.39, 0.29) is 5.41 Å². The summed E-state index contributed by atoms with van der Waals surface area (Å²) in [6.07, 6.45) is 0. The molecule has 3 heteroatoms. The fourth-order valence-corrected chi connectivity index (χ4v) is 7.76. The molecule has 3 nitrogen and oxygen atoms in total. The highest BCUT2D eigenvalue weighted by atomic mass is 16.3. The van der Waals surface area contributed by atoms with Crippen molar-refractivity contribution in [1.82, 2.24) is 0 Å². The molecule has 0 atom stereocenters. The Bertz CT molecular complexity index is 2690. The summed E-state index contributed by atoms with van der Waals surface area (Å²) in [5.74, 6) is 0. The average Bonchev–Trinajstić information content (AvgIpc) is 3.73. The first-order chi connectivity index (χ1) is 22.5. The van der Waals surface area contributed by atoms with Gasteiger partial charge in [-0.3, -0.25) is 0 Å². The molecule has 0 radical (unpaired) electrons. The Morgan fingerprint density at radius 1 is 0.435 bits per heavy atom. The Kier molecular flexibility index (Phi) is 5.06. The number of furan rings is 2. The first kappa shape index (κ1) is 25.5. The molecule has 0 aliphatic heterocycles. The molecule has 7 aromatic carbocycles. The minimum Gasteiger partial charge on any atom is -0.456 e. The molecular weight excluding hydrogens is 562 g/mol. The number of fused-ring (bicyclic) bond motifs is 11. The van der Waals surface area contributed by atoms with E-state index in [4.69, 9.17) is 8.83 Å². The van der Waals surface area contributed by atoms with E-state index in [1.807, 2.05) is 24.3 Å². The maximum Gasteiger partial charge on any atom is 0.143 e. The van der Waals surface area contributed by atoms with Crippen molar-refractivity contribution < 1.29 is 8.83 Å². The molecule has 0 saturated heterocycles. The van der Waals surface area contributed by atoms with E-state index in [1.54, 1.807) is 0 Å². The number of nitrogens with zero attached hydrogens (tertiary/aromatic N) is 1. The standard InChI is InChI=1S/C43H29NO2/c1-43(2)37-12-6-3-9-30(37)31-21-18-28(24-38(31)43)44(29-19-22-34-32-10-4-7-13-39(32)45-41(34)25-29)27-17-15-26-16-20-35-33-11-5-8-14-40(33)46-42(35)36(26)23-27/h3-25H,1-2H3. The Labute approximate surface area is 265 Å². The second kappa shape index (κ2) is 9.12. The Morgan fingerprint density at radius 3 is 1.89 bits per heavy atom. The van der Waals surface area contributed by atoms with Crippen LogP contribution >= 0.6 is 0 Å². The van der Waals surface area contributed by atoms with Crippen LogP contribution in [0.1, 0.15) is 25.0 Å². The number of benzene rings is 7. The molecule has 9 aromatic rings. The predicted octanol–water partition coefficient (Wildman–Crippen LogP) is 12.4. The maximum atomic E-state index is 6.49. The van der Waals surface area contributed by atoms with E-state index in [0.717, 1.165) is 71.7 Å². The molecule has 2 heterocycles. The van der Waals surface area contributed by atoms with Crippen LogP contribution in [0.4, 0.5) is 17.1 Å². The van der Waals surface area contributed by atoms with Crippen LogP contribution in [0.25, 0.3) is 65.8 Å². The van der Waals surface area contributed by atoms with Crippen LogP contribution in [0.5, 0.6) is 0 Å². The molecule has 1 aliphatic carbocycles. The van der Waals surface area contributed by atoms with Gasteiger partial charge in [0.15, 0.2) is 0 Å². The second-order valence-electron chi connectivity index (χ2n) is 13.0. The van der Waals surface area contributed by atoms with E-state index in [2.05, 4.69) is 134 Å². The van der Waals surface area contributed by atoms with Gasteiger partial charge in [0, 0.05) is 55.5 Å². The van der Waals surface area contributed by atoms with Crippen molar-refractivity contribution in [2.24, 2.45) is 0 Å². The molecular formula is C43H29NO2. The molecule has 0 bridgehead atoms. The zero-order valence-electron chi connectivity index (χ0n) is 25.5. The number of rotatable bonds is 3. The van der Waals surface area contributed by atoms with Gasteiger partial charge in [-0.05, 0) is 82.2 Å². The molecule has 2 aromatic heterocycles. The SMILES string of the molecule is CC1(C)c2ccccc2-c2ccc(N(c3ccc4c(c3)oc3ccccc34)c3ccc4ccc5c6ccccc6oc5c4c3)cc21. The van der Waals surface area contributed by atoms with Crippen molar-refractivity contribution in [3.05, 3.63) is 151 Å². The van der Waals surface area contributed by atoms with Gasteiger partial charge in [-0.25, -0.2) is 0 Å². The van der Waals surface area contributed by atoms with Gasteiger partial charge < -0.3 is 13.7 Å². The lowest BCUT2D eigenvalue weighted by atomic mass is 9.82. The van der Waals surface area contributed by atoms with Crippen LogP contribution in [0.2, 0.25) is 0 Å². The topological polar surface area (TPSA) is 29.5 Å². The molecule has 0 saturated carbocycles. The first-order valence-electron chi connectivity index (χ1n) is 15.8. The van der Waals surface area contributed by atoms with Gasteiger partial charge in [-0.2, -0.15) is 0 Å². The normalized spacial score (nSPS) is 13.6. The zero-order valence-corrected chi connectivity index (χ0v) is 25.5. The molecule has 1 aliphatic rings. The summed E-state index contributed by atoms with van der Waals surface area (Å²) < 4.78 is 12.9. The van der Waals surface area contributed by atoms with Gasteiger partial charge >= 0.3 is 0 Å². The third-order valence-corrected chi connectivity index (χ3v) is 10.0.